The van der Waals surface area contributed by atoms with Crippen LogP contribution in [0.4, 0.5) is 5.69 Å². The molecule has 19 heavy (non-hydrogen) atoms. The maximum Gasteiger partial charge on any atom is 0.244 e. The van der Waals surface area contributed by atoms with Gasteiger partial charge in [-0.15, -0.1) is 0 Å². The SMILES string of the molecule is CC(Nc1ccc(Br)cc1C#N)C(=O)N1CCCC1. The average Bonchev–Trinajstić information content (AvgIpc) is 2.93. The summed E-state index contributed by atoms with van der Waals surface area (Å²) in [6, 6.07) is 7.24. The Labute approximate surface area is 121 Å². The van der Waals surface area contributed by atoms with Crippen molar-refractivity contribution in [3.63, 3.8) is 0 Å². The summed E-state index contributed by atoms with van der Waals surface area (Å²) in [5.74, 6) is 0.101. The first kappa shape index (κ1) is 13.9. The summed E-state index contributed by atoms with van der Waals surface area (Å²) < 4.78 is 0.855. The van der Waals surface area contributed by atoms with Crippen molar-refractivity contribution in [1.29, 1.82) is 5.26 Å². The van der Waals surface area contributed by atoms with Crippen LogP contribution >= 0.6 is 15.9 Å². The molecule has 1 atom stereocenters. The summed E-state index contributed by atoms with van der Waals surface area (Å²) in [7, 11) is 0. The number of likely N-dealkylation sites (tertiary alicyclic amines) is 1. The maximum absolute atomic E-state index is 12.2. The van der Waals surface area contributed by atoms with Crippen LogP contribution in [0.15, 0.2) is 22.7 Å². The van der Waals surface area contributed by atoms with Crippen LogP contribution in [0.2, 0.25) is 0 Å². The van der Waals surface area contributed by atoms with Gasteiger partial charge >= 0.3 is 0 Å². The molecule has 1 aliphatic heterocycles. The van der Waals surface area contributed by atoms with Crippen LogP contribution < -0.4 is 5.32 Å². The normalized spacial score (nSPS) is 15.9. The lowest BCUT2D eigenvalue weighted by atomic mass is 10.1. The molecule has 1 aliphatic rings. The van der Waals surface area contributed by atoms with Gasteiger partial charge in [-0.05, 0) is 38.0 Å². The quantitative estimate of drug-likeness (QED) is 0.931. The molecular weight excluding hydrogens is 306 g/mol. The van der Waals surface area contributed by atoms with E-state index in [9.17, 15) is 4.79 Å². The molecule has 0 aliphatic carbocycles. The highest BCUT2D eigenvalue weighted by Crippen LogP contribution is 2.21. The molecule has 2 rings (SSSR count). The maximum atomic E-state index is 12.2. The Morgan fingerprint density at radius 3 is 2.79 bits per heavy atom. The fraction of sp³-hybridized carbons (Fsp3) is 0.429. The van der Waals surface area contributed by atoms with Gasteiger partial charge in [0.05, 0.1) is 11.3 Å². The van der Waals surface area contributed by atoms with Crippen molar-refractivity contribution in [2.75, 3.05) is 18.4 Å². The van der Waals surface area contributed by atoms with Gasteiger partial charge in [-0.3, -0.25) is 4.79 Å². The highest BCUT2D eigenvalue weighted by atomic mass is 79.9. The van der Waals surface area contributed by atoms with Crippen molar-refractivity contribution >= 4 is 27.5 Å². The number of halogens is 1. The predicted molar refractivity (Wildman–Crippen MR) is 77.8 cm³/mol. The smallest absolute Gasteiger partial charge is 0.244 e. The Kier molecular flexibility index (Phi) is 4.43. The number of anilines is 1. The van der Waals surface area contributed by atoms with Gasteiger partial charge in [0.25, 0.3) is 0 Å². The number of hydrogen-bond donors (Lipinski definition) is 1. The van der Waals surface area contributed by atoms with E-state index in [4.69, 9.17) is 5.26 Å². The van der Waals surface area contributed by atoms with Crippen LogP contribution in [0.1, 0.15) is 25.3 Å². The summed E-state index contributed by atoms with van der Waals surface area (Å²) in [4.78, 5) is 14.1. The second kappa shape index (κ2) is 6.07. The number of rotatable bonds is 3. The lowest BCUT2D eigenvalue weighted by Gasteiger charge is -2.22. The number of benzene rings is 1. The van der Waals surface area contributed by atoms with E-state index in [2.05, 4.69) is 27.3 Å². The molecule has 1 fully saturated rings. The predicted octanol–water partition coefficient (Wildman–Crippen LogP) is 2.74. The second-order valence-electron chi connectivity index (χ2n) is 4.70. The number of nitriles is 1. The van der Waals surface area contributed by atoms with Crippen molar-refractivity contribution < 1.29 is 4.79 Å². The number of hydrogen-bond acceptors (Lipinski definition) is 3. The Morgan fingerprint density at radius 1 is 1.47 bits per heavy atom. The van der Waals surface area contributed by atoms with Crippen molar-refractivity contribution in [2.24, 2.45) is 0 Å². The molecule has 1 aromatic carbocycles. The Morgan fingerprint density at radius 2 is 2.16 bits per heavy atom. The monoisotopic (exact) mass is 321 g/mol. The van der Waals surface area contributed by atoms with Crippen LogP contribution in [-0.2, 0) is 4.79 Å². The van der Waals surface area contributed by atoms with E-state index < -0.39 is 0 Å². The molecule has 4 nitrogen and oxygen atoms in total. The third-order valence-electron chi connectivity index (χ3n) is 3.26. The van der Waals surface area contributed by atoms with Gasteiger partial charge < -0.3 is 10.2 Å². The van der Waals surface area contributed by atoms with Gasteiger partial charge in [0.2, 0.25) is 5.91 Å². The van der Waals surface area contributed by atoms with Gasteiger partial charge in [0, 0.05) is 17.6 Å². The fourth-order valence-electron chi connectivity index (χ4n) is 2.24. The molecular formula is C14H16BrN3O. The summed E-state index contributed by atoms with van der Waals surface area (Å²) in [6.45, 7) is 3.52. The fourth-order valence-corrected chi connectivity index (χ4v) is 2.60. The first-order chi connectivity index (χ1) is 9.11. The molecule has 1 unspecified atom stereocenters. The van der Waals surface area contributed by atoms with E-state index in [0.29, 0.717) is 11.3 Å². The summed E-state index contributed by atoms with van der Waals surface area (Å²) in [5.41, 5.74) is 1.24. The minimum atomic E-state index is -0.314. The molecule has 5 heteroatoms. The van der Waals surface area contributed by atoms with E-state index >= 15 is 0 Å². The summed E-state index contributed by atoms with van der Waals surface area (Å²) >= 11 is 3.33. The first-order valence-electron chi connectivity index (χ1n) is 6.37. The minimum Gasteiger partial charge on any atom is -0.373 e. The van der Waals surface area contributed by atoms with Crippen molar-refractivity contribution in [2.45, 2.75) is 25.8 Å². The van der Waals surface area contributed by atoms with E-state index in [1.165, 1.54) is 0 Å². The van der Waals surface area contributed by atoms with E-state index in [1.807, 2.05) is 24.0 Å². The summed E-state index contributed by atoms with van der Waals surface area (Å²) in [5, 5.41) is 12.2. The first-order valence-corrected chi connectivity index (χ1v) is 7.16. The number of carbonyl (C=O) groups excluding carboxylic acids is 1. The van der Waals surface area contributed by atoms with Crippen LogP contribution in [0, 0.1) is 11.3 Å². The van der Waals surface area contributed by atoms with Gasteiger partial charge in [-0.2, -0.15) is 5.26 Å². The zero-order valence-electron chi connectivity index (χ0n) is 10.8. The van der Waals surface area contributed by atoms with Gasteiger partial charge in [0.1, 0.15) is 12.1 Å². The molecule has 1 N–H and O–H groups in total. The van der Waals surface area contributed by atoms with Crippen molar-refractivity contribution in [3.8, 4) is 6.07 Å². The topological polar surface area (TPSA) is 56.1 Å². The molecule has 0 saturated carbocycles. The molecule has 1 saturated heterocycles. The van der Waals surface area contributed by atoms with Crippen LogP contribution in [0.3, 0.4) is 0 Å². The third kappa shape index (κ3) is 3.27. The third-order valence-corrected chi connectivity index (χ3v) is 3.76. The molecule has 1 amide bonds. The number of amides is 1. The second-order valence-corrected chi connectivity index (χ2v) is 5.62. The zero-order chi connectivity index (χ0) is 13.8. The Bertz CT molecular complexity index is 518. The largest absolute Gasteiger partial charge is 0.373 e. The Balaban J connectivity index is 2.08. The van der Waals surface area contributed by atoms with Crippen molar-refractivity contribution in [1.82, 2.24) is 4.90 Å². The lowest BCUT2D eigenvalue weighted by Crippen LogP contribution is -2.39. The zero-order valence-corrected chi connectivity index (χ0v) is 12.4. The van der Waals surface area contributed by atoms with Gasteiger partial charge in [-0.1, -0.05) is 15.9 Å². The summed E-state index contributed by atoms with van der Waals surface area (Å²) in [6.07, 6.45) is 2.17. The van der Waals surface area contributed by atoms with Crippen LogP contribution in [0.25, 0.3) is 0 Å². The van der Waals surface area contributed by atoms with Gasteiger partial charge in [-0.25, -0.2) is 0 Å². The molecule has 0 bridgehead atoms. The van der Waals surface area contributed by atoms with Gasteiger partial charge in [0.15, 0.2) is 0 Å². The molecule has 0 aromatic heterocycles. The number of carbonyl (C=O) groups is 1. The highest BCUT2D eigenvalue weighted by Gasteiger charge is 2.23. The van der Waals surface area contributed by atoms with Crippen LogP contribution in [-0.4, -0.2) is 29.9 Å². The molecule has 0 radical (unpaired) electrons. The standard InChI is InChI=1S/C14H16BrN3O/c1-10(14(19)18-6-2-3-7-18)17-13-5-4-12(15)8-11(13)9-16/h4-5,8,10,17H,2-3,6-7H2,1H3. The average molecular weight is 322 g/mol. The molecule has 1 aromatic rings. The molecule has 100 valence electrons. The molecule has 1 heterocycles. The molecule has 0 spiro atoms. The number of nitrogens with one attached hydrogen (secondary N) is 1. The minimum absolute atomic E-state index is 0.101. The lowest BCUT2D eigenvalue weighted by molar-refractivity contribution is -0.130. The van der Waals surface area contributed by atoms with E-state index in [1.54, 1.807) is 6.07 Å². The van der Waals surface area contributed by atoms with Crippen molar-refractivity contribution in [3.05, 3.63) is 28.2 Å². The number of nitrogens with zero attached hydrogens (tertiary/aromatic N) is 2. The highest BCUT2D eigenvalue weighted by molar-refractivity contribution is 9.10. The van der Waals surface area contributed by atoms with E-state index in [0.717, 1.165) is 30.4 Å². The van der Waals surface area contributed by atoms with E-state index in [-0.39, 0.29) is 11.9 Å². The Hall–Kier alpha value is -1.54. The van der Waals surface area contributed by atoms with Crippen LogP contribution in [0.5, 0.6) is 0 Å².